The van der Waals surface area contributed by atoms with Gasteiger partial charge in [0.25, 0.3) is 0 Å². The van der Waals surface area contributed by atoms with Crippen LogP contribution in [0.4, 0.5) is 5.69 Å². The molecule has 0 saturated heterocycles. The highest BCUT2D eigenvalue weighted by Gasteiger charge is 2.07. The Morgan fingerprint density at radius 1 is 1.11 bits per heavy atom. The summed E-state index contributed by atoms with van der Waals surface area (Å²) < 4.78 is 0. The Morgan fingerprint density at radius 2 is 1.89 bits per heavy atom. The molecule has 0 aromatic heterocycles. The summed E-state index contributed by atoms with van der Waals surface area (Å²) in [7, 11) is 0. The smallest absolute Gasteiger partial charge is 0.0992 e. The number of hydrogen-bond donors (Lipinski definition) is 1. The van der Waals surface area contributed by atoms with Crippen molar-refractivity contribution in [2.45, 2.75) is 26.8 Å². The molecule has 0 aliphatic carbocycles. The van der Waals surface area contributed by atoms with Crippen LogP contribution in [0.15, 0.2) is 42.5 Å². The van der Waals surface area contributed by atoms with Crippen LogP contribution in [0, 0.1) is 25.2 Å². The topological polar surface area (TPSA) is 35.8 Å². The van der Waals surface area contributed by atoms with E-state index >= 15 is 0 Å². The van der Waals surface area contributed by atoms with Crippen molar-refractivity contribution in [2.24, 2.45) is 0 Å². The lowest BCUT2D eigenvalue weighted by molar-refractivity contribution is 0.880. The molecule has 1 atom stereocenters. The Hall–Kier alpha value is -2.27. The van der Waals surface area contributed by atoms with Gasteiger partial charge in [-0.25, -0.2) is 0 Å². The van der Waals surface area contributed by atoms with Crippen LogP contribution in [-0.2, 0) is 0 Å². The fourth-order valence-corrected chi connectivity index (χ4v) is 2.10. The second-order valence-electron chi connectivity index (χ2n) is 4.92. The van der Waals surface area contributed by atoms with Gasteiger partial charge >= 0.3 is 0 Å². The van der Waals surface area contributed by atoms with Crippen molar-refractivity contribution in [3.63, 3.8) is 0 Å². The SMILES string of the molecule is Cc1cccc(C(C)Nc2cc(C#N)ccc2C)c1. The van der Waals surface area contributed by atoms with Gasteiger partial charge < -0.3 is 5.32 Å². The number of benzene rings is 2. The lowest BCUT2D eigenvalue weighted by atomic mass is 10.0. The molecule has 96 valence electrons. The molecular formula is C17H18N2. The van der Waals surface area contributed by atoms with E-state index in [0.29, 0.717) is 5.56 Å². The predicted molar refractivity (Wildman–Crippen MR) is 79.1 cm³/mol. The number of anilines is 1. The first-order chi connectivity index (χ1) is 9.10. The lowest BCUT2D eigenvalue weighted by Gasteiger charge is -2.18. The lowest BCUT2D eigenvalue weighted by Crippen LogP contribution is -2.08. The summed E-state index contributed by atoms with van der Waals surface area (Å²) in [6, 6.07) is 16.6. The quantitative estimate of drug-likeness (QED) is 0.879. The zero-order valence-electron chi connectivity index (χ0n) is 11.6. The second kappa shape index (κ2) is 5.58. The molecule has 0 heterocycles. The summed E-state index contributed by atoms with van der Waals surface area (Å²) in [4.78, 5) is 0. The number of rotatable bonds is 3. The predicted octanol–water partition coefficient (Wildman–Crippen LogP) is 4.35. The van der Waals surface area contributed by atoms with Crippen LogP contribution in [0.25, 0.3) is 0 Å². The highest BCUT2D eigenvalue weighted by Crippen LogP contribution is 2.23. The molecule has 1 unspecified atom stereocenters. The first-order valence-electron chi connectivity index (χ1n) is 6.44. The highest BCUT2D eigenvalue weighted by molar-refractivity contribution is 5.56. The van der Waals surface area contributed by atoms with Crippen LogP contribution in [0.5, 0.6) is 0 Å². The van der Waals surface area contributed by atoms with Gasteiger partial charge in [0.15, 0.2) is 0 Å². The molecule has 0 bridgehead atoms. The van der Waals surface area contributed by atoms with Crippen molar-refractivity contribution in [1.82, 2.24) is 0 Å². The van der Waals surface area contributed by atoms with E-state index < -0.39 is 0 Å². The number of nitriles is 1. The van der Waals surface area contributed by atoms with E-state index in [4.69, 9.17) is 5.26 Å². The minimum atomic E-state index is 0.215. The van der Waals surface area contributed by atoms with E-state index in [-0.39, 0.29) is 6.04 Å². The van der Waals surface area contributed by atoms with Crippen molar-refractivity contribution in [2.75, 3.05) is 5.32 Å². The summed E-state index contributed by atoms with van der Waals surface area (Å²) in [5.41, 5.74) is 5.37. The van der Waals surface area contributed by atoms with Gasteiger partial charge in [0, 0.05) is 11.7 Å². The number of aryl methyl sites for hydroxylation is 2. The Kier molecular flexibility index (Phi) is 3.87. The maximum absolute atomic E-state index is 8.96. The molecule has 0 aliphatic heterocycles. The molecule has 2 aromatic rings. The fraction of sp³-hybridized carbons (Fsp3) is 0.235. The minimum absolute atomic E-state index is 0.215. The molecule has 2 heteroatoms. The van der Waals surface area contributed by atoms with Gasteiger partial charge in [-0.2, -0.15) is 5.26 Å². The van der Waals surface area contributed by atoms with Crippen molar-refractivity contribution in [3.05, 3.63) is 64.7 Å². The average molecular weight is 250 g/mol. The van der Waals surface area contributed by atoms with Gasteiger partial charge in [-0.05, 0) is 44.0 Å². The highest BCUT2D eigenvalue weighted by atomic mass is 14.9. The number of nitrogens with zero attached hydrogens (tertiary/aromatic N) is 1. The molecule has 1 N–H and O–H groups in total. The van der Waals surface area contributed by atoms with E-state index in [1.165, 1.54) is 11.1 Å². The van der Waals surface area contributed by atoms with Crippen molar-refractivity contribution >= 4 is 5.69 Å². The van der Waals surface area contributed by atoms with Gasteiger partial charge in [-0.3, -0.25) is 0 Å². The molecule has 0 aliphatic rings. The van der Waals surface area contributed by atoms with Gasteiger partial charge in [0.05, 0.1) is 11.6 Å². The normalized spacial score (nSPS) is 11.7. The van der Waals surface area contributed by atoms with Crippen LogP contribution in [0.2, 0.25) is 0 Å². The van der Waals surface area contributed by atoms with E-state index in [1.54, 1.807) is 0 Å². The van der Waals surface area contributed by atoms with Crippen LogP contribution >= 0.6 is 0 Å². The Balaban J connectivity index is 2.24. The van der Waals surface area contributed by atoms with E-state index in [2.05, 4.69) is 49.5 Å². The maximum atomic E-state index is 8.96. The zero-order chi connectivity index (χ0) is 13.8. The van der Waals surface area contributed by atoms with Gasteiger partial charge in [-0.1, -0.05) is 35.9 Å². The third-order valence-electron chi connectivity index (χ3n) is 3.28. The standard InChI is InChI=1S/C17H18N2/c1-12-5-4-6-16(9-12)14(3)19-17-10-15(11-18)8-7-13(17)2/h4-10,14,19H,1-3H3. The fourth-order valence-electron chi connectivity index (χ4n) is 2.10. The minimum Gasteiger partial charge on any atom is -0.378 e. The maximum Gasteiger partial charge on any atom is 0.0992 e. The molecule has 0 fully saturated rings. The van der Waals surface area contributed by atoms with Crippen molar-refractivity contribution in [1.29, 1.82) is 5.26 Å². The Labute approximate surface area is 114 Å². The number of hydrogen-bond acceptors (Lipinski definition) is 2. The molecule has 0 saturated carbocycles. The summed E-state index contributed by atoms with van der Waals surface area (Å²) in [5.74, 6) is 0. The molecule has 0 amide bonds. The van der Waals surface area contributed by atoms with Crippen molar-refractivity contribution < 1.29 is 0 Å². The first-order valence-corrected chi connectivity index (χ1v) is 6.44. The zero-order valence-corrected chi connectivity index (χ0v) is 11.6. The third kappa shape index (κ3) is 3.14. The molecule has 0 spiro atoms. The largest absolute Gasteiger partial charge is 0.378 e. The average Bonchev–Trinajstić information content (AvgIpc) is 2.41. The summed E-state index contributed by atoms with van der Waals surface area (Å²) in [5, 5.41) is 12.4. The molecule has 2 nitrogen and oxygen atoms in total. The van der Waals surface area contributed by atoms with Crippen molar-refractivity contribution in [3.8, 4) is 6.07 Å². The molecule has 2 aromatic carbocycles. The molecule has 19 heavy (non-hydrogen) atoms. The molecular weight excluding hydrogens is 232 g/mol. The van der Waals surface area contributed by atoms with Crippen LogP contribution in [0.1, 0.15) is 35.2 Å². The summed E-state index contributed by atoms with van der Waals surface area (Å²) in [6.45, 7) is 6.28. The van der Waals surface area contributed by atoms with Gasteiger partial charge in [-0.15, -0.1) is 0 Å². The molecule has 0 radical (unpaired) electrons. The second-order valence-corrected chi connectivity index (χ2v) is 4.92. The third-order valence-corrected chi connectivity index (χ3v) is 3.28. The van der Waals surface area contributed by atoms with Gasteiger partial charge in [0.2, 0.25) is 0 Å². The monoisotopic (exact) mass is 250 g/mol. The van der Waals surface area contributed by atoms with Gasteiger partial charge in [0.1, 0.15) is 0 Å². The first kappa shape index (κ1) is 13.2. The summed E-state index contributed by atoms with van der Waals surface area (Å²) in [6.07, 6.45) is 0. The number of nitrogens with one attached hydrogen (secondary N) is 1. The van der Waals surface area contributed by atoms with Crippen LogP contribution < -0.4 is 5.32 Å². The van der Waals surface area contributed by atoms with E-state index in [1.807, 2.05) is 25.1 Å². The molecule has 2 rings (SSSR count). The Morgan fingerprint density at radius 3 is 2.58 bits per heavy atom. The Bertz CT molecular complexity index is 623. The van der Waals surface area contributed by atoms with Crippen LogP contribution in [-0.4, -0.2) is 0 Å². The van der Waals surface area contributed by atoms with E-state index in [9.17, 15) is 0 Å². The summed E-state index contributed by atoms with van der Waals surface area (Å²) >= 11 is 0. The van der Waals surface area contributed by atoms with E-state index in [0.717, 1.165) is 11.3 Å². The van der Waals surface area contributed by atoms with Crippen LogP contribution in [0.3, 0.4) is 0 Å².